The largest absolute Gasteiger partial charge is 0.345 e. The highest BCUT2D eigenvalue weighted by atomic mass is 35.5. The number of hydrogen-bond acceptors (Lipinski definition) is 4. The van der Waals surface area contributed by atoms with Gasteiger partial charge in [-0.2, -0.15) is 0 Å². The number of anilines is 1. The van der Waals surface area contributed by atoms with Gasteiger partial charge in [-0.3, -0.25) is 4.79 Å². The van der Waals surface area contributed by atoms with Crippen molar-refractivity contribution >= 4 is 23.3 Å². The van der Waals surface area contributed by atoms with Crippen LogP contribution in [0.2, 0.25) is 5.15 Å². The van der Waals surface area contributed by atoms with Crippen LogP contribution in [0.1, 0.15) is 31.2 Å². The normalized spacial score (nSPS) is 16.4. The smallest absolute Gasteiger partial charge is 0.241 e. The molecule has 2 heterocycles. The van der Waals surface area contributed by atoms with E-state index >= 15 is 0 Å². The van der Waals surface area contributed by atoms with Crippen LogP contribution in [0, 0.1) is 6.92 Å². The summed E-state index contributed by atoms with van der Waals surface area (Å²) in [7, 11) is 1.82. The number of piperazine rings is 1. The topological polar surface area (TPSA) is 49.3 Å². The Morgan fingerprint density at radius 1 is 1.26 bits per heavy atom. The fraction of sp³-hybridized carbons (Fsp3) is 0.615. The fourth-order valence-electron chi connectivity index (χ4n) is 2.00. The molecule has 0 N–H and O–H groups in total. The molecule has 1 amide bonds. The predicted molar refractivity (Wildman–Crippen MR) is 75.7 cm³/mol. The minimum absolute atomic E-state index is 0.103. The van der Waals surface area contributed by atoms with Gasteiger partial charge in [0.15, 0.2) is 0 Å². The van der Waals surface area contributed by atoms with Crippen molar-refractivity contribution in [3.8, 4) is 0 Å². The summed E-state index contributed by atoms with van der Waals surface area (Å²) in [5.74, 6) is 1.81. The zero-order chi connectivity index (χ0) is 14.2. The summed E-state index contributed by atoms with van der Waals surface area (Å²) in [5, 5.41) is 0.472. The van der Waals surface area contributed by atoms with E-state index in [0.29, 0.717) is 18.2 Å². The summed E-state index contributed by atoms with van der Waals surface area (Å²) in [6.45, 7) is 7.78. The minimum Gasteiger partial charge on any atom is -0.345 e. The van der Waals surface area contributed by atoms with Gasteiger partial charge in [-0.05, 0) is 6.92 Å². The van der Waals surface area contributed by atoms with Gasteiger partial charge in [0.05, 0.1) is 6.54 Å². The van der Waals surface area contributed by atoms with Gasteiger partial charge in [-0.15, -0.1) is 0 Å². The van der Waals surface area contributed by atoms with Crippen LogP contribution in [0.4, 0.5) is 5.82 Å². The summed E-state index contributed by atoms with van der Waals surface area (Å²) >= 11 is 6.17. The summed E-state index contributed by atoms with van der Waals surface area (Å²) in [6.07, 6.45) is 0. The van der Waals surface area contributed by atoms with Crippen molar-refractivity contribution in [2.24, 2.45) is 0 Å². The van der Waals surface area contributed by atoms with E-state index in [1.165, 1.54) is 0 Å². The Balaban J connectivity index is 2.36. The first kappa shape index (κ1) is 14.1. The third-order valence-corrected chi connectivity index (χ3v) is 3.72. The Kier molecular flexibility index (Phi) is 3.94. The van der Waals surface area contributed by atoms with Gasteiger partial charge in [-0.1, -0.05) is 25.4 Å². The summed E-state index contributed by atoms with van der Waals surface area (Å²) in [6, 6.07) is 0. The van der Waals surface area contributed by atoms with E-state index in [1.807, 2.05) is 32.7 Å². The van der Waals surface area contributed by atoms with E-state index in [1.54, 1.807) is 4.90 Å². The van der Waals surface area contributed by atoms with Gasteiger partial charge in [0.2, 0.25) is 5.91 Å². The van der Waals surface area contributed by atoms with Crippen molar-refractivity contribution in [2.45, 2.75) is 26.7 Å². The van der Waals surface area contributed by atoms with Crippen molar-refractivity contribution in [1.82, 2.24) is 14.9 Å². The van der Waals surface area contributed by atoms with Crippen molar-refractivity contribution in [3.05, 3.63) is 16.5 Å². The van der Waals surface area contributed by atoms with Gasteiger partial charge in [0.25, 0.3) is 0 Å². The maximum Gasteiger partial charge on any atom is 0.241 e. The first-order valence-corrected chi connectivity index (χ1v) is 6.81. The van der Waals surface area contributed by atoms with Crippen LogP contribution in [0.25, 0.3) is 0 Å². The Hall–Kier alpha value is -1.36. The average Bonchev–Trinajstić information content (AvgIpc) is 2.35. The number of hydrogen-bond donors (Lipinski definition) is 0. The third kappa shape index (κ3) is 2.81. The molecule has 104 valence electrons. The molecule has 0 spiro atoms. The van der Waals surface area contributed by atoms with Crippen molar-refractivity contribution < 1.29 is 4.79 Å². The lowest BCUT2D eigenvalue weighted by Crippen LogP contribution is -2.49. The van der Waals surface area contributed by atoms with Crippen molar-refractivity contribution in [2.75, 3.05) is 31.6 Å². The second-order valence-corrected chi connectivity index (χ2v) is 5.57. The molecule has 0 atom stereocenters. The molecular formula is C13H19ClN4O. The molecule has 0 unspecified atom stereocenters. The second-order valence-electron chi connectivity index (χ2n) is 5.21. The predicted octanol–water partition coefficient (Wildman–Crippen LogP) is 1.84. The molecule has 5 nitrogen and oxygen atoms in total. The van der Waals surface area contributed by atoms with E-state index in [9.17, 15) is 4.79 Å². The van der Waals surface area contributed by atoms with Crippen LogP contribution < -0.4 is 4.90 Å². The lowest BCUT2D eigenvalue weighted by Gasteiger charge is -2.33. The monoisotopic (exact) mass is 282 g/mol. The standard InChI is InChI=1S/C13H19ClN4O/c1-8(2)12-15-11(14)9(3)13(16-12)18-6-5-17(4)10(19)7-18/h8H,5-7H2,1-4H3. The zero-order valence-corrected chi connectivity index (χ0v) is 12.5. The maximum atomic E-state index is 11.8. The molecule has 0 aromatic carbocycles. The van der Waals surface area contributed by atoms with Crippen molar-refractivity contribution in [1.29, 1.82) is 0 Å². The molecule has 6 heteroatoms. The van der Waals surface area contributed by atoms with Crippen molar-refractivity contribution in [3.63, 3.8) is 0 Å². The SMILES string of the molecule is Cc1c(Cl)nc(C(C)C)nc1N1CCN(C)C(=O)C1. The van der Waals surface area contributed by atoms with Gasteiger partial charge in [0, 0.05) is 31.6 Å². The Morgan fingerprint density at radius 3 is 2.53 bits per heavy atom. The maximum absolute atomic E-state index is 11.8. The highest BCUT2D eigenvalue weighted by Gasteiger charge is 2.25. The molecule has 19 heavy (non-hydrogen) atoms. The third-order valence-electron chi connectivity index (χ3n) is 3.35. The number of amides is 1. The summed E-state index contributed by atoms with van der Waals surface area (Å²) in [5.41, 5.74) is 0.836. The molecule has 1 aliphatic rings. The molecule has 0 bridgehead atoms. The molecule has 1 aromatic heterocycles. The van der Waals surface area contributed by atoms with Gasteiger partial charge < -0.3 is 9.80 Å². The first-order chi connectivity index (χ1) is 8.90. The van der Waals surface area contributed by atoms with Crippen LogP contribution in [0.3, 0.4) is 0 Å². The summed E-state index contributed by atoms with van der Waals surface area (Å²) in [4.78, 5) is 24.4. The van der Waals surface area contributed by atoms with E-state index in [-0.39, 0.29) is 11.8 Å². The highest BCUT2D eigenvalue weighted by Crippen LogP contribution is 2.26. The second kappa shape index (κ2) is 5.33. The Labute approximate surface area is 118 Å². The molecule has 1 aromatic rings. The number of carbonyl (C=O) groups is 1. The molecule has 0 saturated carbocycles. The number of halogens is 1. The van der Waals surface area contributed by atoms with Gasteiger partial charge in [-0.25, -0.2) is 9.97 Å². The first-order valence-electron chi connectivity index (χ1n) is 6.43. The fourth-order valence-corrected chi connectivity index (χ4v) is 2.17. The Morgan fingerprint density at radius 2 is 1.95 bits per heavy atom. The molecule has 1 saturated heterocycles. The van der Waals surface area contributed by atoms with E-state index < -0.39 is 0 Å². The number of nitrogens with zero attached hydrogens (tertiary/aromatic N) is 4. The van der Waals surface area contributed by atoms with E-state index in [2.05, 4.69) is 9.97 Å². The molecule has 0 radical (unpaired) electrons. The van der Waals surface area contributed by atoms with Crippen LogP contribution in [0.5, 0.6) is 0 Å². The number of aromatic nitrogens is 2. The van der Waals surface area contributed by atoms with Gasteiger partial charge >= 0.3 is 0 Å². The van der Waals surface area contributed by atoms with Crippen LogP contribution in [-0.4, -0.2) is 47.5 Å². The lowest BCUT2D eigenvalue weighted by atomic mass is 10.2. The van der Waals surface area contributed by atoms with Gasteiger partial charge in [0.1, 0.15) is 16.8 Å². The number of carbonyl (C=O) groups excluding carboxylic acids is 1. The average molecular weight is 283 g/mol. The Bertz CT molecular complexity index is 504. The molecule has 0 aliphatic carbocycles. The summed E-state index contributed by atoms with van der Waals surface area (Å²) < 4.78 is 0. The van der Waals surface area contributed by atoms with E-state index in [4.69, 9.17) is 11.6 Å². The van der Waals surface area contributed by atoms with E-state index in [0.717, 1.165) is 23.8 Å². The molecular weight excluding hydrogens is 264 g/mol. The molecule has 1 aliphatic heterocycles. The quantitative estimate of drug-likeness (QED) is 0.777. The number of likely N-dealkylation sites (N-methyl/N-ethyl adjacent to an activating group) is 1. The highest BCUT2D eigenvalue weighted by molar-refractivity contribution is 6.30. The lowest BCUT2D eigenvalue weighted by molar-refractivity contribution is -0.129. The number of rotatable bonds is 2. The van der Waals surface area contributed by atoms with Crippen LogP contribution in [0.15, 0.2) is 0 Å². The molecule has 1 fully saturated rings. The molecule has 2 rings (SSSR count). The minimum atomic E-state index is 0.103. The van der Waals surface area contributed by atoms with Crippen LogP contribution in [-0.2, 0) is 4.79 Å². The van der Waals surface area contributed by atoms with Crippen LogP contribution >= 0.6 is 11.6 Å². The zero-order valence-electron chi connectivity index (χ0n) is 11.8.